The Bertz CT molecular complexity index is 820. The molecule has 0 atom stereocenters. The van der Waals surface area contributed by atoms with Crippen molar-refractivity contribution in [2.24, 2.45) is 5.10 Å². The van der Waals surface area contributed by atoms with Gasteiger partial charge in [0.05, 0.1) is 11.1 Å². The zero-order chi connectivity index (χ0) is 19.1. The Morgan fingerprint density at radius 2 is 2.00 bits per heavy atom. The van der Waals surface area contributed by atoms with Gasteiger partial charge in [0, 0.05) is 22.7 Å². The standard InChI is InChI=1S/C18H18ClN3O4/c1-12(2)13-3-6-16(7-4-13)26-11-18(23)21-20-10-14-9-15(22(24)25)5-8-17(14)19/h3-10,12H,11H2,1-2H3,(H,21,23)/b20-10+. The smallest absolute Gasteiger partial charge is 0.277 e. The molecule has 0 saturated carbocycles. The number of carbonyl (C=O) groups is 1. The Morgan fingerprint density at radius 1 is 1.31 bits per heavy atom. The van der Waals surface area contributed by atoms with Crippen molar-refractivity contribution >= 4 is 29.4 Å². The van der Waals surface area contributed by atoms with E-state index in [-0.39, 0.29) is 17.3 Å². The van der Waals surface area contributed by atoms with Crippen LogP contribution in [0.5, 0.6) is 5.75 Å². The summed E-state index contributed by atoms with van der Waals surface area (Å²) in [5, 5.41) is 14.8. The fourth-order valence-corrected chi connectivity index (χ4v) is 2.21. The van der Waals surface area contributed by atoms with E-state index in [4.69, 9.17) is 16.3 Å². The zero-order valence-corrected chi connectivity index (χ0v) is 15.1. The summed E-state index contributed by atoms with van der Waals surface area (Å²) >= 11 is 5.94. The number of hydrazone groups is 1. The van der Waals surface area contributed by atoms with Crippen molar-refractivity contribution < 1.29 is 14.5 Å². The van der Waals surface area contributed by atoms with E-state index in [1.54, 1.807) is 12.1 Å². The Morgan fingerprint density at radius 3 is 2.62 bits per heavy atom. The van der Waals surface area contributed by atoms with Gasteiger partial charge in [-0.2, -0.15) is 5.10 Å². The van der Waals surface area contributed by atoms with E-state index in [1.807, 2.05) is 12.1 Å². The molecular weight excluding hydrogens is 358 g/mol. The quantitative estimate of drug-likeness (QED) is 0.451. The van der Waals surface area contributed by atoms with Gasteiger partial charge in [-0.05, 0) is 29.7 Å². The second-order valence-corrected chi connectivity index (χ2v) is 6.18. The number of ether oxygens (including phenoxy) is 1. The van der Waals surface area contributed by atoms with Gasteiger partial charge >= 0.3 is 0 Å². The third-order valence-electron chi connectivity index (χ3n) is 3.50. The van der Waals surface area contributed by atoms with Crippen LogP contribution in [-0.4, -0.2) is 23.7 Å². The largest absolute Gasteiger partial charge is 0.484 e. The van der Waals surface area contributed by atoms with Crippen molar-refractivity contribution in [3.05, 3.63) is 68.7 Å². The lowest BCUT2D eigenvalue weighted by molar-refractivity contribution is -0.384. The van der Waals surface area contributed by atoms with Crippen LogP contribution >= 0.6 is 11.6 Å². The maximum atomic E-state index is 11.8. The van der Waals surface area contributed by atoms with Crippen molar-refractivity contribution in [3.63, 3.8) is 0 Å². The molecule has 1 amide bonds. The number of nitrogens with zero attached hydrogens (tertiary/aromatic N) is 2. The Kier molecular flexibility index (Phi) is 6.68. The molecular formula is C18H18ClN3O4. The van der Waals surface area contributed by atoms with E-state index in [0.29, 0.717) is 17.2 Å². The summed E-state index contributed by atoms with van der Waals surface area (Å²) in [6, 6.07) is 11.4. The molecule has 0 radical (unpaired) electrons. The average Bonchev–Trinajstić information content (AvgIpc) is 2.61. The molecule has 0 saturated heterocycles. The average molecular weight is 376 g/mol. The summed E-state index contributed by atoms with van der Waals surface area (Å²) in [5.41, 5.74) is 3.67. The van der Waals surface area contributed by atoms with Gasteiger partial charge in [-0.1, -0.05) is 37.6 Å². The zero-order valence-electron chi connectivity index (χ0n) is 14.3. The molecule has 0 heterocycles. The third kappa shape index (κ3) is 5.56. The molecule has 0 aromatic heterocycles. The van der Waals surface area contributed by atoms with Crippen LogP contribution in [-0.2, 0) is 4.79 Å². The van der Waals surface area contributed by atoms with Crippen molar-refractivity contribution in [2.45, 2.75) is 19.8 Å². The lowest BCUT2D eigenvalue weighted by Gasteiger charge is -2.08. The first-order chi connectivity index (χ1) is 12.4. The number of non-ortho nitro benzene ring substituents is 1. The number of halogens is 1. The lowest BCUT2D eigenvalue weighted by Crippen LogP contribution is -2.24. The first kappa shape index (κ1) is 19.4. The Labute approximate surface area is 155 Å². The van der Waals surface area contributed by atoms with Crippen molar-refractivity contribution in [3.8, 4) is 5.75 Å². The number of rotatable bonds is 7. The van der Waals surface area contributed by atoms with Gasteiger partial charge in [0.25, 0.3) is 11.6 Å². The summed E-state index contributed by atoms with van der Waals surface area (Å²) < 4.78 is 5.38. The van der Waals surface area contributed by atoms with E-state index >= 15 is 0 Å². The molecule has 0 aliphatic carbocycles. The molecule has 0 fully saturated rings. The molecule has 136 valence electrons. The van der Waals surface area contributed by atoms with E-state index < -0.39 is 10.8 Å². The topological polar surface area (TPSA) is 93.8 Å². The molecule has 0 aliphatic heterocycles. The molecule has 7 nitrogen and oxygen atoms in total. The maximum absolute atomic E-state index is 11.8. The van der Waals surface area contributed by atoms with Gasteiger partial charge in [0.15, 0.2) is 6.61 Å². The number of amides is 1. The minimum Gasteiger partial charge on any atom is -0.484 e. The van der Waals surface area contributed by atoms with Crippen LogP contribution in [0.15, 0.2) is 47.6 Å². The van der Waals surface area contributed by atoms with Gasteiger partial charge in [-0.3, -0.25) is 14.9 Å². The number of hydrogen-bond acceptors (Lipinski definition) is 5. The second-order valence-electron chi connectivity index (χ2n) is 5.77. The van der Waals surface area contributed by atoms with Gasteiger partial charge in [0.2, 0.25) is 0 Å². The first-order valence-corrected chi connectivity index (χ1v) is 8.23. The predicted molar refractivity (Wildman–Crippen MR) is 99.9 cm³/mol. The molecule has 0 bridgehead atoms. The molecule has 8 heteroatoms. The minimum atomic E-state index is -0.537. The van der Waals surface area contributed by atoms with Gasteiger partial charge in [-0.15, -0.1) is 0 Å². The monoisotopic (exact) mass is 375 g/mol. The number of nitrogens with one attached hydrogen (secondary N) is 1. The van der Waals surface area contributed by atoms with Crippen LogP contribution in [0.3, 0.4) is 0 Å². The van der Waals surface area contributed by atoms with E-state index in [0.717, 1.165) is 0 Å². The summed E-state index contributed by atoms with van der Waals surface area (Å²) in [5.74, 6) is 0.535. The molecule has 2 aromatic rings. The van der Waals surface area contributed by atoms with Crippen LogP contribution in [0.4, 0.5) is 5.69 Å². The fourth-order valence-electron chi connectivity index (χ4n) is 2.05. The normalized spacial score (nSPS) is 10.9. The lowest BCUT2D eigenvalue weighted by atomic mass is 10.0. The third-order valence-corrected chi connectivity index (χ3v) is 3.84. The highest BCUT2D eigenvalue weighted by Gasteiger charge is 2.08. The van der Waals surface area contributed by atoms with Crippen LogP contribution in [0.2, 0.25) is 5.02 Å². The van der Waals surface area contributed by atoms with E-state index in [1.165, 1.54) is 30.0 Å². The SMILES string of the molecule is CC(C)c1ccc(OCC(=O)N/N=C/c2cc([N+](=O)[O-])ccc2Cl)cc1. The molecule has 0 unspecified atom stereocenters. The maximum Gasteiger partial charge on any atom is 0.277 e. The number of benzene rings is 2. The van der Waals surface area contributed by atoms with Crippen molar-refractivity contribution in [1.82, 2.24) is 5.43 Å². The van der Waals surface area contributed by atoms with E-state index in [2.05, 4.69) is 24.4 Å². The predicted octanol–water partition coefficient (Wildman–Crippen LogP) is 3.90. The fraction of sp³-hybridized carbons (Fsp3) is 0.222. The van der Waals surface area contributed by atoms with Crippen LogP contribution in [0.25, 0.3) is 0 Å². The van der Waals surface area contributed by atoms with Gasteiger partial charge < -0.3 is 4.74 Å². The summed E-state index contributed by atoms with van der Waals surface area (Å²) in [4.78, 5) is 22.0. The first-order valence-electron chi connectivity index (χ1n) is 7.85. The Hall–Kier alpha value is -2.93. The Balaban J connectivity index is 1.87. The number of hydrogen-bond donors (Lipinski definition) is 1. The molecule has 0 aliphatic rings. The molecule has 26 heavy (non-hydrogen) atoms. The van der Waals surface area contributed by atoms with Crippen molar-refractivity contribution in [2.75, 3.05) is 6.61 Å². The van der Waals surface area contributed by atoms with Gasteiger partial charge in [-0.25, -0.2) is 5.43 Å². The van der Waals surface area contributed by atoms with Gasteiger partial charge in [0.1, 0.15) is 5.75 Å². The summed E-state index contributed by atoms with van der Waals surface area (Å²) in [7, 11) is 0. The number of nitro benzene ring substituents is 1. The summed E-state index contributed by atoms with van der Waals surface area (Å²) in [6.07, 6.45) is 1.24. The second kappa shape index (κ2) is 8.96. The number of nitro groups is 1. The van der Waals surface area contributed by atoms with Crippen LogP contribution < -0.4 is 10.2 Å². The van der Waals surface area contributed by atoms with Crippen LogP contribution in [0, 0.1) is 10.1 Å². The van der Waals surface area contributed by atoms with Crippen molar-refractivity contribution in [1.29, 1.82) is 0 Å². The highest BCUT2D eigenvalue weighted by atomic mass is 35.5. The summed E-state index contributed by atoms with van der Waals surface area (Å²) in [6.45, 7) is 3.98. The van der Waals surface area contributed by atoms with Crippen LogP contribution in [0.1, 0.15) is 30.9 Å². The highest BCUT2D eigenvalue weighted by molar-refractivity contribution is 6.33. The minimum absolute atomic E-state index is 0.115. The molecule has 2 rings (SSSR count). The highest BCUT2D eigenvalue weighted by Crippen LogP contribution is 2.20. The molecule has 1 N–H and O–H groups in total. The molecule has 0 spiro atoms. The number of carbonyl (C=O) groups excluding carboxylic acids is 1. The van der Waals surface area contributed by atoms with E-state index in [9.17, 15) is 14.9 Å². The molecule has 2 aromatic carbocycles.